The molecule has 0 unspecified atom stereocenters. The van der Waals surface area contributed by atoms with Gasteiger partial charge in [-0.05, 0) is 29.8 Å². The average molecular weight is 271 g/mol. The van der Waals surface area contributed by atoms with Gasteiger partial charge in [0, 0.05) is 12.6 Å². The van der Waals surface area contributed by atoms with Crippen LogP contribution in [0.15, 0.2) is 42.5 Å². The van der Waals surface area contributed by atoms with E-state index in [0.29, 0.717) is 18.7 Å². The summed E-state index contributed by atoms with van der Waals surface area (Å²) >= 11 is 0. The molecular weight excluding hydrogens is 257 g/mol. The van der Waals surface area contributed by atoms with Gasteiger partial charge < -0.3 is 15.4 Å². The molecule has 0 spiro atoms. The number of phenols is 1. The number of nitrogens with one attached hydrogen (secondary N) is 2. The standard InChI is InChI=1S/C15H14FN3O/c16-11-5-10(6-12(20)7-11)8-17-9-15-18-13-3-1-2-4-14(13)19-15/h1-7,17,20H,8-9H2,(H,18,19). The van der Waals surface area contributed by atoms with E-state index in [1.165, 1.54) is 12.1 Å². The summed E-state index contributed by atoms with van der Waals surface area (Å²) in [6.07, 6.45) is 0. The first-order chi connectivity index (χ1) is 9.70. The molecule has 20 heavy (non-hydrogen) atoms. The second-order valence-electron chi connectivity index (χ2n) is 4.62. The molecule has 0 aliphatic rings. The van der Waals surface area contributed by atoms with Crippen LogP contribution in [-0.2, 0) is 13.1 Å². The Hall–Kier alpha value is -2.40. The summed E-state index contributed by atoms with van der Waals surface area (Å²) in [5.41, 5.74) is 2.61. The zero-order valence-electron chi connectivity index (χ0n) is 10.7. The van der Waals surface area contributed by atoms with Gasteiger partial charge >= 0.3 is 0 Å². The lowest BCUT2D eigenvalue weighted by Crippen LogP contribution is -2.13. The molecule has 0 fully saturated rings. The molecule has 0 aliphatic carbocycles. The van der Waals surface area contributed by atoms with Gasteiger partial charge in [0.2, 0.25) is 0 Å². The van der Waals surface area contributed by atoms with E-state index in [2.05, 4.69) is 15.3 Å². The molecule has 3 rings (SSSR count). The van der Waals surface area contributed by atoms with Crippen LogP contribution >= 0.6 is 0 Å². The second-order valence-corrected chi connectivity index (χ2v) is 4.62. The first kappa shape index (κ1) is 12.6. The number of phenolic OH excluding ortho intramolecular Hbond substituents is 1. The third-order valence-corrected chi connectivity index (χ3v) is 3.00. The Bertz CT molecular complexity index is 686. The van der Waals surface area contributed by atoms with Gasteiger partial charge in [-0.25, -0.2) is 9.37 Å². The van der Waals surface area contributed by atoms with Gasteiger partial charge in [-0.15, -0.1) is 0 Å². The van der Waals surface area contributed by atoms with Crippen molar-refractivity contribution >= 4 is 11.0 Å². The van der Waals surface area contributed by atoms with Crippen LogP contribution < -0.4 is 5.32 Å². The molecule has 0 aliphatic heterocycles. The Morgan fingerprint density at radius 1 is 1.15 bits per heavy atom. The van der Waals surface area contributed by atoms with Crippen LogP contribution in [0, 0.1) is 5.82 Å². The third-order valence-electron chi connectivity index (χ3n) is 3.00. The predicted octanol–water partition coefficient (Wildman–Crippen LogP) is 2.70. The lowest BCUT2D eigenvalue weighted by Gasteiger charge is -2.04. The van der Waals surface area contributed by atoms with Crippen LogP contribution in [-0.4, -0.2) is 15.1 Å². The van der Waals surface area contributed by atoms with Gasteiger partial charge in [-0.1, -0.05) is 12.1 Å². The van der Waals surface area contributed by atoms with Crippen molar-refractivity contribution in [2.45, 2.75) is 13.1 Å². The monoisotopic (exact) mass is 271 g/mol. The number of hydrogen-bond acceptors (Lipinski definition) is 3. The third kappa shape index (κ3) is 2.78. The van der Waals surface area contributed by atoms with Gasteiger partial charge in [0.05, 0.1) is 17.6 Å². The SMILES string of the molecule is Oc1cc(F)cc(CNCc2nc3ccccc3[nH]2)c1. The highest BCUT2D eigenvalue weighted by Crippen LogP contribution is 2.14. The predicted molar refractivity (Wildman–Crippen MR) is 74.7 cm³/mol. The summed E-state index contributed by atoms with van der Waals surface area (Å²) in [5.74, 6) is 0.322. The molecule has 0 atom stereocenters. The number of aromatic nitrogens is 2. The Balaban J connectivity index is 1.64. The molecule has 0 amide bonds. The Morgan fingerprint density at radius 3 is 2.80 bits per heavy atom. The highest BCUT2D eigenvalue weighted by atomic mass is 19.1. The van der Waals surface area contributed by atoms with Crippen molar-refractivity contribution in [3.63, 3.8) is 0 Å². The van der Waals surface area contributed by atoms with Gasteiger partial charge in [0.1, 0.15) is 17.4 Å². The fourth-order valence-corrected chi connectivity index (χ4v) is 2.15. The highest BCUT2D eigenvalue weighted by Gasteiger charge is 2.03. The molecule has 1 aromatic heterocycles. The summed E-state index contributed by atoms with van der Waals surface area (Å²) in [5, 5.41) is 12.5. The van der Waals surface area contributed by atoms with Crippen LogP contribution in [0.4, 0.5) is 4.39 Å². The Morgan fingerprint density at radius 2 is 2.00 bits per heavy atom. The lowest BCUT2D eigenvalue weighted by atomic mass is 10.2. The number of imidazole rings is 1. The van der Waals surface area contributed by atoms with Crippen LogP contribution in [0.2, 0.25) is 0 Å². The van der Waals surface area contributed by atoms with E-state index < -0.39 is 5.82 Å². The fourth-order valence-electron chi connectivity index (χ4n) is 2.15. The van der Waals surface area contributed by atoms with Crippen molar-refractivity contribution in [2.75, 3.05) is 0 Å². The molecule has 2 aromatic carbocycles. The molecule has 0 radical (unpaired) electrons. The minimum Gasteiger partial charge on any atom is -0.508 e. The summed E-state index contributed by atoms with van der Waals surface area (Å²) in [6, 6.07) is 11.8. The Labute approximate surface area is 115 Å². The minimum atomic E-state index is -0.439. The van der Waals surface area contributed by atoms with E-state index in [0.717, 1.165) is 22.9 Å². The van der Waals surface area contributed by atoms with Crippen LogP contribution in [0.25, 0.3) is 11.0 Å². The van der Waals surface area contributed by atoms with Crippen LogP contribution in [0.1, 0.15) is 11.4 Å². The number of aromatic amines is 1. The van der Waals surface area contributed by atoms with Gasteiger partial charge in [0.15, 0.2) is 0 Å². The van der Waals surface area contributed by atoms with Crippen LogP contribution in [0.3, 0.4) is 0 Å². The number of benzene rings is 2. The van der Waals surface area contributed by atoms with Crippen molar-refractivity contribution in [3.8, 4) is 5.75 Å². The highest BCUT2D eigenvalue weighted by molar-refractivity contribution is 5.74. The molecule has 1 heterocycles. The summed E-state index contributed by atoms with van der Waals surface area (Å²) in [6.45, 7) is 1.01. The first-order valence-electron chi connectivity index (χ1n) is 6.33. The van der Waals surface area contributed by atoms with Crippen LogP contribution in [0.5, 0.6) is 5.75 Å². The van der Waals surface area contributed by atoms with Gasteiger partial charge in [-0.3, -0.25) is 0 Å². The quantitative estimate of drug-likeness (QED) is 0.683. The zero-order chi connectivity index (χ0) is 13.9. The average Bonchev–Trinajstić information content (AvgIpc) is 2.80. The number of halogens is 1. The Kier molecular flexibility index (Phi) is 3.35. The molecule has 3 aromatic rings. The molecule has 5 heteroatoms. The zero-order valence-corrected chi connectivity index (χ0v) is 10.7. The topological polar surface area (TPSA) is 60.9 Å². The molecular formula is C15H14FN3O. The van der Waals surface area contributed by atoms with Crippen molar-refractivity contribution in [3.05, 3.63) is 59.7 Å². The van der Waals surface area contributed by atoms with Gasteiger partial charge in [0.25, 0.3) is 0 Å². The molecule has 0 saturated carbocycles. The van der Waals surface area contributed by atoms with Crippen molar-refractivity contribution in [1.29, 1.82) is 0 Å². The van der Waals surface area contributed by atoms with Gasteiger partial charge in [-0.2, -0.15) is 0 Å². The number of fused-ring (bicyclic) bond motifs is 1. The minimum absolute atomic E-state index is 0.0643. The van der Waals surface area contributed by atoms with E-state index >= 15 is 0 Å². The smallest absolute Gasteiger partial charge is 0.127 e. The maximum absolute atomic E-state index is 13.1. The molecule has 3 N–H and O–H groups in total. The second kappa shape index (κ2) is 5.30. The molecule has 102 valence electrons. The summed E-state index contributed by atoms with van der Waals surface area (Å²) in [4.78, 5) is 7.65. The number of nitrogens with zero attached hydrogens (tertiary/aromatic N) is 1. The van der Waals surface area contributed by atoms with E-state index in [1.54, 1.807) is 0 Å². The normalized spacial score (nSPS) is 11.1. The number of para-hydroxylation sites is 2. The first-order valence-corrected chi connectivity index (χ1v) is 6.33. The van der Waals surface area contributed by atoms with E-state index in [1.807, 2.05) is 24.3 Å². The molecule has 4 nitrogen and oxygen atoms in total. The fraction of sp³-hybridized carbons (Fsp3) is 0.133. The van der Waals surface area contributed by atoms with E-state index in [9.17, 15) is 9.50 Å². The lowest BCUT2D eigenvalue weighted by molar-refractivity contribution is 0.467. The summed E-state index contributed by atoms with van der Waals surface area (Å²) in [7, 11) is 0. The van der Waals surface area contributed by atoms with Crippen molar-refractivity contribution in [2.24, 2.45) is 0 Å². The van der Waals surface area contributed by atoms with Crippen molar-refractivity contribution in [1.82, 2.24) is 15.3 Å². The number of H-pyrrole nitrogens is 1. The van der Waals surface area contributed by atoms with E-state index in [4.69, 9.17) is 0 Å². The molecule has 0 saturated heterocycles. The number of aromatic hydroxyl groups is 1. The number of rotatable bonds is 4. The number of hydrogen-bond donors (Lipinski definition) is 3. The molecule has 0 bridgehead atoms. The van der Waals surface area contributed by atoms with E-state index in [-0.39, 0.29) is 5.75 Å². The van der Waals surface area contributed by atoms with Crippen molar-refractivity contribution < 1.29 is 9.50 Å². The largest absolute Gasteiger partial charge is 0.508 e. The maximum atomic E-state index is 13.1. The summed E-state index contributed by atoms with van der Waals surface area (Å²) < 4.78 is 13.1. The maximum Gasteiger partial charge on any atom is 0.127 e.